The number of carbonyl (C=O) groups is 1. The number of anilines is 1. The summed E-state index contributed by atoms with van der Waals surface area (Å²) < 4.78 is 26.8. The molecule has 3 rings (SSSR count). The third-order valence-electron chi connectivity index (χ3n) is 5.83. The van der Waals surface area contributed by atoms with E-state index in [1.54, 1.807) is 14.2 Å². The van der Waals surface area contributed by atoms with Gasteiger partial charge >= 0.3 is 0 Å². The first-order valence-electron chi connectivity index (χ1n) is 12.8. The molecule has 0 saturated heterocycles. The fourth-order valence-electron chi connectivity index (χ4n) is 3.87. The molecule has 0 spiro atoms. The molecule has 0 atom stereocenters. The van der Waals surface area contributed by atoms with Crippen LogP contribution in [0.5, 0.6) is 17.2 Å². The summed E-state index contributed by atoms with van der Waals surface area (Å²) in [7, 11) is 7.15. The first-order chi connectivity index (χ1) is 18.9. The number of hydrogen-bond acceptors (Lipinski definition) is 7. The third kappa shape index (κ3) is 9.14. The highest BCUT2D eigenvalue weighted by Crippen LogP contribution is 2.32. The Bertz CT molecular complexity index is 1190. The maximum atomic E-state index is 13.8. The van der Waals surface area contributed by atoms with Crippen molar-refractivity contribution in [3.63, 3.8) is 0 Å². The van der Waals surface area contributed by atoms with Crippen molar-refractivity contribution in [3.05, 3.63) is 83.9 Å². The Labute approximate surface area is 231 Å². The number of carbonyl (C=O) groups excluding carboxylic acids is 1. The molecule has 0 bridgehead atoms. The minimum Gasteiger partial charge on any atom is -0.492 e. The topological polar surface area (TPSA) is 78.5 Å². The fraction of sp³-hybridized carbons (Fsp3) is 0.323. The van der Waals surface area contributed by atoms with Crippen molar-refractivity contribution in [2.45, 2.75) is 13.3 Å². The molecule has 3 aromatic rings. The molecule has 1 amide bonds. The van der Waals surface area contributed by atoms with E-state index in [0.29, 0.717) is 35.8 Å². The van der Waals surface area contributed by atoms with E-state index in [1.165, 1.54) is 0 Å². The van der Waals surface area contributed by atoms with Gasteiger partial charge in [-0.05, 0) is 85.7 Å². The monoisotopic (exact) mass is 534 g/mol. The van der Waals surface area contributed by atoms with E-state index in [0.717, 1.165) is 29.0 Å². The zero-order chi connectivity index (χ0) is 28.0. The standard InChI is InChI=1S/C31H38N2O6/c1-6-29(23-7-13-27(14-8-23)38-21-35-4)30(24-9-15-28(16-10-24)39-22-36-5)31(34)32-25-11-17-26(18-12-25)37-20-19-33(2)3/h7-18H,6,19-22H2,1-5H3,(H,32,34). The number of benzene rings is 3. The molecule has 0 heterocycles. The van der Waals surface area contributed by atoms with Gasteiger partial charge in [-0.1, -0.05) is 31.2 Å². The van der Waals surface area contributed by atoms with Gasteiger partial charge < -0.3 is 33.9 Å². The number of rotatable bonds is 15. The highest BCUT2D eigenvalue weighted by atomic mass is 16.7. The SMILES string of the molecule is CCC(=C(C(=O)Nc1ccc(OCCN(C)C)cc1)c1ccc(OCOC)cc1)c1ccc(OCOC)cc1. The first-order valence-corrected chi connectivity index (χ1v) is 12.8. The Balaban J connectivity index is 1.91. The second kappa shape index (κ2) is 15.5. The fourth-order valence-corrected chi connectivity index (χ4v) is 3.87. The van der Waals surface area contributed by atoms with E-state index < -0.39 is 0 Å². The van der Waals surface area contributed by atoms with Gasteiger partial charge in [0.1, 0.15) is 23.9 Å². The molecule has 3 aromatic carbocycles. The van der Waals surface area contributed by atoms with Crippen LogP contribution < -0.4 is 19.5 Å². The number of amides is 1. The largest absolute Gasteiger partial charge is 0.492 e. The van der Waals surface area contributed by atoms with Gasteiger partial charge in [-0.2, -0.15) is 0 Å². The number of likely N-dealkylation sites (N-methyl/N-ethyl adjacent to an activating group) is 1. The Kier molecular flexibility index (Phi) is 11.8. The normalized spacial score (nSPS) is 11.6. The van der Waals surface area contributed by atoms with Crippen molar-refractivity contribution >= 4 is 22.7 Å². The summed E-state index contributed by atoms with van der Waals surface area (Å²) in [6.45, 7) is 3.76. The van der Waals surface area contributed by atoms with Crippen LogP contribution >= 0.6 is 0 Å². The lowest BCUT2D eigenvalue weighted by Crippen LogP contribution is -2.19. The average Bonchev–Trinajstić information content (AvgIpc) is 2.95. The lowest BCUT2D eigenvalue weighted by Gasteiger charge is -2.17. The smallest absolute Gasteiger partial charge is 0.256 e. The van der Waals surface area contributed by atoms with Crippen molar-refractivity contribution < 1.29 is 28.5 Å². The van der Waals surface area contributed by atoms with Crippen LogP contribution in [0, 0.1) is 0 Å². The number of hydrogen-bond donors (Lipinski definition) is 1. The number of nitrogens with zero attached hydrogens (tertiary/aromatic N) is 1. The molecule has 0 fully saturated rings. The molecule has 0 aliphatic heterocycles. The quantitative estimate of drug-likeness (QED) is 0.156. The number of ether oxygens (including phenoxy) is 5. The molecule has 0 saturated carbocycles. The maximum absolute atomic E-state index is 13.8. The molecular weight excluding hydrogens is 496 g/mol. The van der Waals surface area contributed by atoms with Gasteiger partial charge in [0.2, 0.25) is 0 Å². The molecule has 0 aliphatic rings. The molecule has 8 nitrogen and oxygen atoms in total. The highest BCUT2D eigenvalue weighted by molar-refractivity contribution is 6.31. The number of allylic oxidation sites excluding steroid dienone is 1. The van der Waals surface area contributed by atoms with Crippen LogP contribution in [0.2, 0.25) is 0 Å². The van der Waals surface area contributed by atoms with Crippen LogP contribution in [0.4, 0.5) is 5.69 Å². The van der Waals surface area contributed by atoms with E-state index >= 15 is 0 Å². The molecule has 39 heavy (non-hydrogen) atoms. The van der Waals surface area contributed by atoms with Crippen LogP contribution in [0.15, 0.2) is 72.8 Å². The molecule has 0 radical (unpaired) electrons. The van der Waals surface area contributed by atoms with E-state index in [1.807, 2.05) is 93.8 Å². The molecule has 208 valence electrons. The third-order valence-corrected chi connectivity index (χ3v) is 5.83. The van der Waals surface area contributed by atoms with Crippen LogP contribution in [-0.2, 0) is 14.3 Å². The molecule has 0 unspecified atom stereocenters. The summed E-state index contributed by atoms with van der Waals surface area (Å²) in [4.78, 5) is 15.8. The molecule has 0 aliphatic carbocycles. The van der Waals surface area contributed by atoms with Gasteiger partial charge in [-0.3, -0.25) is 4.79 Å². The number of methoxy groups -OCH3 is 2. The minimum absolute atomic E-state index is 0.148. The van der Waals surface area contributed by atoms with E-state index in [2.05, 4.69) is 10.2 Å². The zero-order valence-electron chi connectivity index (χ0n) is 23.4. The number of nitrogens with one attached hydrogen (secondary N) is 1. The Hall–Kier alpha value is -3.85. The second-order valence-corrected chi connectivity index (χ2v) is 8.99. The highest BCUT2D eigenvalue weighted by Gasteiger charge is 2.19. The van der Waals surface area contributed by atoms with Crippen LogP contribution in [-0.4, -0.2) is 65.9 Å². The van der Waals surface area contributed by atoms with E-state index in [-0.39, 0.29) is 19.5 Å². The Morgan fingerprint density at radius 2 is 1.21 bits per heavy atom. The summed E-state index contributed by atoms with van der Waals surface area (Å²) in [6, 6.07) is 22.5. The predicted molar refractivity (Wildman–Crippen MR) is 154 cm³/mol. The molecule has 0 aromatic heterocycles. The van der Waals surface area contributed by atoms with Gasteiger partial charge in [0.25, 0.3) is 5.91 Å². The van der Waals surface area contributed by atoms with Gasteiger partial charge in [0.05, 0.1) is 5.57 Å². The van der Waals surface area contributed by atoms with Crippen molar-refractivity contribution in [1.82, 2.24) is 4.90 Å². The van der Waals surface area contributed by atoms with E-state index in [4.69, 9.17) is 23.7 Å². The summed E-state index contributed by atoms with van der Waals surface area (Å²) in [5.41, 5.74) is 3.86. The van der Waals surface area contributed by atoms with Crippen LogP contribution in [0.1, 0.15) is 24.5 Å². The second-order valence-electron chi connectivity index (χ2n) is 8.99. The van der Waals surface area contributed by atoms with Crippen LogP contribution in [0.3, 0.4) is 0 Å². The van der Waals surface area contributed by atoms with Crippen molar-refractivity contribution in [2.24, 2.45) is 0 Å². The molecule has 1 N–H and O–H groups in total. The van der Waals surface area contributed by atoms with Gasteiger partial charge in [0, 0.05) is 26.5 Å². The summed E-state index contributed by atoms with van der Waals surface area (Å²) in [5.74, 6) is 1.89. The summed E-state index contributed by atoms with van der Waals surface area (Å²) in [5, 5.41) is 3.06. The van der Waals surface area contributed by atoms with Crippen molar-refractivity contribution in [1.29, 1.82) is 0 Å². The van der Waals surface area contributed by atoms with Gasteiger partial charge in [-0.25, -0.2) is 0 Å². The average molecular weight is 535 g/mol. The van der Waals surface area contributed by atoms with E-state index in [9.17, 15) is 4.79 Å². The van der Waals surface area contributed by atoms with Crippen molar-refractivity contribution in [2.75, 3.05) is 60.4 Å². The van der Waals surface area contributed by atoms with Gasteiger partial charge in [0.15, 0.2) is 13.6 Å². The minimum atomic E-state index is -0.210. The first kappa shape index (κ1) is 29.7. The lowest BCUT2D eigenvalue weighted by molar-refractivity contribution is -0.111. The Morgan fingerprint density at radius 3 is 1.69 bits per heavy atom. The predicted octanol–water partition coefficient (Wildman–Crippen LogP) is 5.55. The maximum Gasteiger partial charge on any atom is 0.256 e. The molecular formula is C31H38N2O6. The summed E-state index contributed by atoms with van der Waals surface area (Å²) >= 11 is 0. The van der Waals surface area contributed by atoms with Gasteiger partial charge in [-0.15, -0.1) is 0 Å². The van der Waals surface area contributed by atoms with Crippen molar-refractivity contribution in [3.8, 4) is 17.2 Å². The summed E-state index contributed by atoms with van der Waals surface area (Å²) in [6.07, 6.45) is 0.640. The lowest BCUT2D eigenvalue weighted by atomic mass is 9.92. The molecule has 8 heteroatoms. The Morgan fingerprint density at radius 1 is 0.718 bits per heavy atom. The van der Waals surface area contributed by atoms with Crippen LogP contribution in [0.25, 0.3) is 11.1 Å². The zero-order valence-corrected chi connectivity index (χ0v) is 23.4.